The maximum Gasteiger partial charge on any atom is 0.147 e. The maximum atomic E-state index is 15.5. The van der Waals surface area contributed by atoms with Crippen molar-refractivity contribution in [2.45, 2.75) is 50.1 Å². The summed E-state index contributed by atoms with van der Waals surface area (Å²) < 4.78 is 17.5. The highest BCUT2D eigenvalue weighted by Crippen LogP contribution is 2.42. The van der Waals surface area contributed by atoms with E-state index < -0.39 is 5.54 Å². The molecule has 6 heteroatoms. The molecule has 0 radical (unpaired) electrons. The van der Waals surface area contributed by atoms with Crippen molar-refractivity contribution in [2.24, 2.45) is 0 Å². The minimum absolute atomic E-state index is 0.330. The van der Waals surface area contributed by atoms with Crippen molar-refractivity contribution >= 4 is 16.6 Å². The van der Waals surface area contributed by atoms with Gasteiger partial charge in [-0.2, -0.15) is 5.10 Å². The van der Waals surface area contributed by atoms with Gasteiger partial charge in [0.2, 0.25) is 0 Å². The largest absolute Gasteiger partial charge is 0.377 e. The van der Waals surface area contributed by atoms with E-state index in [0.717, 1.165) is 39.0 Å². The molecule has 43 heavy (non-hydrogen) atoms. The van der Waals surface area contributed by atoms with Gasteiger partial charge in [-0.25, -0.2) is 9.07 Å². The fourth-order valence-electron chi connectivity index (χ4n) is 6.60. The molecule has 0 spiro atoms. The molecule has 0 saturated heterocycles. The van der Waals surface area contributed by atoms with E-state index in [4.69, 9.17) is 10.1 Å². The zero-order valence-electron chi connectivity index (χ0n) is 24.0. The van der Waals surface area contributed by atoms with Gasteiger partial charge in [0.15, 0.2) is 0 Å². The van der Waals surface area contributed by atoms with Crippen LogP contribution in [0, 0.1) is 5.82 Å². The van der Waals surface area contributed by atoms with E-state index in [1.165, 1.54) is 32.1 Å². The molecule has 1 aliphatic rings. The number of halogens is 1. The molecule has 1 saturated carbocycles. The summed E-state index contributed by atoms with van der Waals surface area (Å²) in [4.78, 5) is 9.38. The minimum atomic E-state index is -0.791. The second-order valence-corrected chi connectivity index (χ2v) is 11.4. The highest BCUT2D eigenvalue weighted by molar-refractivity contribution is 5.84. The Morgan fingerprint density at radius 2 is 1.33 bits per heavy atom. The van der Waals surface area contributed by atoms with E-state index in [0.29, 0.717) is 18.2 Å². The van der Waals surface area contributed by atoms with Crippen LogP contribution in [0.1, 0.15) is 66.1 Å². The summed E-state index contributed by atoms with van der Waals surface area (Å²) >= 11 is 0. The lowest BCUT2D eigenvalue weighted by molar-refractivity contribution is 0.435. The molecule has 1 N–H and O–H groups in total. The number of nitrogens with zero attached hydrogens (tertiary/aromatic N) is 4. The highest BCUT2D eigenvalue weighted by atomic mass is 19.1. The Balaban J connectivity index is 1.30. The first-order valence-electron chi connectivity index (χ1n) is 15.1. The second kappa shape index (κ2) is 11.8. The van der Waals surface area contributed by atoms with Crippen molar-refractivity contribution < 1.29 is 4.39 Å². The summed E-state index contributed by atoms with van der Waals surface area (Å²) in [6.07, 6.45) is 11.7. The predicted octanol–water partition coefficient (Wildman–Crippen LogP) is 8.47. The average Bonchev–Trinajstić information content (AvgIpc) is 3.49. The van der Waals surface area contributed by atoms with Crippen molar-refractivity contribution in [2.75, 3.05) is 5.32 Å². The van der Waals surface area contributed by atoms with Crippen LogP contribution in [0.25, 0.3) is 10.9 Å². The Morgan fingerprint density at radius 3 is 1.88 bits per heavy atom. The molecule has 1 fully saturated rings. The normalized spacial score (nSPS) is 14.2. The molecule has 0 amide bonds. The molecule has 0 aliphatic heterocycles. The first-order valence-corrected chi connectivity index (χ1v) is 15.1. The average molecular weight is 568 g/mol. The third kappa shape index (κ3) is 5.07. The highest BCUT2D eigenvalue weighted by Gasteiger charge is 2.40. The van der Waals surface area contributed by atoms with Crippen molar-refractivity contribution in [3.8, 4) is 0 Å². The molecule has 7 rings (SSSR count). The third-order valence-corrected chi connectivity index (χ3v) is 8.76. The number of hydrogen-bond acceptors (Lipinski definition) is 4. The van der Waals surface area contributed by atoms with Gasteiger partial charge in [-0.1, -0.05) is 110 Å². The van der Waals surface area contributed by atoms with E-state index in [1.54, 1.807) is 12.3 Å². The van der Waals surface area contributed by atoms with Crippen LogP contribution in [0.15, 0.2) is 122 Å². The van der Waals surface area contributed by atoms with Gasteiger partial charge in [0.05, 0.1) is 41.5 Å². The van der Waals surface area contributed by atoms with Crippen LogP contribution in [0.2, 0.25) is 0 Å². The molecule has 5 nitrogen and oxygen atoms in total. The summed E-state index contributed by atoms with van der Waals surface area (Å²) in [7, 11) is 0. The van der Waals surface area contributed by atoms with Gasteiger partial charge < -0.3 is 5.32 Å². The van der Waals surface area contributed by atoms with Crippen molar-refractivity contribution in [3.05, 3.63) is 156 Å². The number of anilines is 1. The van der Waals surface area contributed by atoms with Crippen molar-refractivity contribution in [1.82, 2.24) is 19.7 Å². The molecule has 2 aromatic heterocycles. The van der Waals surface area contributed by atoms with Crippen LogP contribution in [0.3, 0.4) is 0 Å². The summed E-state index contributed by atoms with van der Waals surface area (Å²) in [5.74, 6) is 0.172. The smallest absolute Gasteiger partial charge is 0.147 e. The first-order chi connectivity index (χ1) is 21.2. The summed E-state index contributed by atoms with van der Waals surface area (Å²) in [6.45, 7) is 0.371. The Hall–Kier alpha value is -4.84. The van der Waals surface area contributed by atoms with Gasteiger partial charge >= 0.3 is 0 Å². The number of rotatable bonds is 8. The zero-order chi connectivity index (χ0) is 29.1. The quantitative estimate of drug-likeness (QED) is 0.188. The fourth-order valence-corrected chi connectivity index (χ4v) is 6.60. The SMILES string of the molecule is Fc1cc2cnn(C(c3ccccc3)(c3ccccc3)c3ccccc3)c2cc1NCc1cnc(C2CCCCC2)cn1. The molecular weight excluding hydrogens is 533 g/mol. The summed E-state index contributed by atoms with van der Waals surface area (Å²) in [5.41, 5.74) is 5.45. The van der Waals surface area contributed by atoms with Gasteiger partial charge in [0, 0.05) is 17.5 Å². The Bertz CT molecular complexity index is 1700. The van der Waals surface area contributed by atoms with Crippen LogP contribution in [0.4, 0.5) is 10.1 Å². The van der Waals surface area contributed by atoms with Gasteiger partial charge in [-0.05, 0) is 41.7 Å². The third-order valence-electron chi connectivity index (χ3n) is 8.76. The molecule has 2 heterocycles. The number of fused-ring (bicyclic) bond motifs is 1. The molecule has 0 unspecified atom stereocenters. The van der Waals surface area contributed by atoms with E-state index in [1.807, 2.05) is 41.3 Å². The number of hydrogen-bond donors (Lipinski definition) is 1. The lowest BCUT2D eigenvalue weighted by Gasteiger charge is -2.37. The lowest BCUT2D eigenvalue weighted by atomic mass is 9.77. The monoisotopic (exact) mass is 567 g/mol. The summed E-state index contributed by atoms with van der Waals surface area (Å²) in [5, 5.41) is 8.97. The van der Waals surface area contributed by atoms with Gasteiger partial charge in [0.1, 0.15) is 11.4 Å². The Morgan fingerprint density at radius 1 is 0.721 bits per heavy atom. The van der Waals surface area contributed by atoms with E-state index in [2.05, 4.69) is 83.1 Å². The van der Waals surface area contributed by atoms with Gasteiger partial charge in [-0.3, -0.25) is 9.97 Å². The van der Waals surface area contributed by atoms with Crippen LogP contribution >= 0.6 is 0 Å². The lowest BCUT2D eigenvalue weighted by Crippen LogP contribution is -2.38. The van der Waals surface area contributed by atoms with Gasteiger partial charge in [0.25, 0.3) is 0 Å². The standard InChI is InChI=1S/C37H34FN5/c38-33-21-28-23-42-43(36(28)22-34(33)40-24-32-25-41-35(26-39-32)27-13-5-1-6-14-27)37(29-15-7-2-8-16-29,30-17-9-3-10-18-30)31-19-11-4-12-20-31/h2-4,7-12,15-23,25-27,40H,1,5-6,13-14,24H2. The predicted molar refractivity (Wildman–Crippen MR) is 169 cm³/mol. The number of nitrogens with one attached hydrogen (secondary N) is 1. The fraction of sp³-hybridized carbons (Fsp3) is 0.216. The van der Waals surface area contributed by atoms with Crippen LogP contribution in [-0.2, 0) is 12.1 Å². The Labute approximate surface area is 251 Å². The number of aromatic nitrogens is 4. The van der Waals surface area contributed by atoms with E-state index in [-0.39, 0.29) is 5.82 Å². The van der Waals surface area contributed by atoms with Crippen LogP contribution in [0.5, 0.6) is 0 Å². The topological polar surface area (TPSA) is 55.6 Å². The van der Waals surface area contributed by atoms with Crippen molar-refractivity contribution in [3.63, 3.8) is 0 Å². The van der Waals surface area contributed by atoms with Gasteiger partial charge in [-0.15, -0.1) is 0 Å². The van der Waals surface area contributed by atoms with Crippen LogP contribution < -0.4 is 5.32 Å². The van der Waals surface area contributed by atoms with E-state index >= 15 is 4.39 Å². The first kappa shape index (κ1) is 27.0. The maximum absolute atomic E-state index is 15.5. The number of benzene rings is 4. The summed E-state index contributed by atoms with van der Waals surface area (Å²) in [6, 6.07) is 34.6. The zero-order valence-corrected chi connectivity index (χ0v) is 24.0. The van der Waals surface area contributed by atoms with Crippen molar-refractivity contribution in [1.29, 1.82) is 0 Å². The second-order valence-electron chi connectivity index (χ2n) is 11.4. The van der Waals surface area contributed by atoms with Crippen LogP contribution in [-0.4, -0.2) is 19.7 Å². The molecule has 4 aromatic carbocycles. The molecule has 0 atom stereocenters. The Kier molecular flexibility index (Phi) is 7.42. The molecular formula is C37H34FN5. The molecule has 1 aliphatic carbocycles. The molecule has 0 bridgehead atoms. The molecule has 6 aromatic rings. The van der Waals surface area contributed by atoms with E-state index in [9.17, 15) is 0 Å². The molecule has 214 valence electrons. The minimum Gasteiger partial charge on any atom is -0.377 e.